The van der Waals surface area contributed by atoms with E-state index in [0.29, 0.717) is 25.9 Å². The number of likely N-dealkylation sites (tertiary alicyclic amines) is 1. The lowest BCUT2D eigenvalue weighted by atomic mass is 9.99. The number of para-hydroxylation sites is 1. The third kappa shape index (κ3) is 5.71. The highest BCUT2D eigenvalue weighted by atomic mass is 32.2. The Morgan fingerprint density at radius 3 is 2.68 bits per heavy atom. The zero-order chi connectivity index (χ0) is 18.4. The van der Waals surface area contributed by atoms with Gasteiger partial charge in [0.1, 0.15) is 5.75 Å². The molecule has 1 fully saturated rings. The minimum atomic E-state index is -3.28. The molecule has 1 aromatic rings. The number of hydrogen-bond acceptors (Lipinski definition) is 4. The molecule has 25 heavy (non-hydrogen) atoms. The second-order valence-corrected chi connectivity index (χ2v) is 8.44. The van der Waals surface area contributed by atoms with E-state index < -0.39 is 10.0 Å². The summed E-state index contributed by atoms with van der Waals surface area (Å²) < 4.78 is 31.1. The van der Waals surface area contributed by atoms with E-state index >= 15 is 0 Å². The van der Waals surface area contributed by atoms with E-state index in [4.69, 9.17) is 4.74 Å². The van der Waals surface area contributed by atoms with Crippen molar-refractivity contribution in [1.29, 1.82) is 0 Å². The minimum absolute atomic E-state index is 0.0600. The molecule has 0 bridgehead atoms. The van der Waals surface area contributed by atoms with Gasteiger partial charge in [0.05, 0.1) is 13.4 Å². The molecule has 1 N–H and O–H groups in total. The number of nitrogens with zero attached hydrogens (tertiary/aromatic N) is 1. The van der Waals surface area contributed by atoms with Crippen molar-refractivity contribution in [3.8, 4) is 5.75 Å². The molecule has 140 valence electrons. The zero-order valence-electron chi connectivity index (χ0n) is 15.2. The quantitative estimate of drug-likeness (QED) is 0.759. The molecular formula is C18H28N2O4S. The predicted octanol–water partition coefficient (Wildman–Crippen LogP) is 1.80. The molecule has 0 spiro atoms. The van der Waals surface area contributed by atoms with E-state index in [-0.39, 0.29) is 17.9 Å². The van der Waals surface area contributed by atoms with Gasteiger partial charge in [-0.3, -0.25) is 4.79 Å². The molecule has 1 amide bonds. The highest BCUT2D eigenvalue weighted by Crippen LogP contribution is 2.24. The number of sulfonamides is 1. The first kappa shape index (κ1) is 19.7. The summed E-state index contributed by atoms with van der Waals surface area (Å²) in [6, 6.07) is 7.50. The maximum absolute atomic E-state index is 12.6. The van der Waals surface area contributed by atoms with Crippen molar-refractivity contribution in [2.75, 3.05) is 26.5 Å². The normalized spacial score (nSPS) is 20.7. The van der Waals surface area contributed by atoms with Gasteiger partial charge in [-0.2, -0.15) is 0 Å². The largest absolute Gasteiger partial charge is 0.496 e. The van der Waals surface area contributed by atoms with Gasteiger partial charge in [0.2, 0.25) is 15.9 Å². The Labute approximate surface area is 150 Å². The van der Waals surface area contributed by atoms with Gasteiger partial charge in [0.25, 0.3) is 0 Å². The van der Waals surface area contributed by atoms with Crippen molar-refractivity contribution in [2.45, 2.75) is 38.6 Å². The Morgan fingerprint density at radius 1 is 1.32 bits per heavy atom. The Morgan fingerprint density at radius 2 is 2.04 bits per heavy atom. The summed E-state index contributed by atoms with van der Waals surface area (Å²) in [7, 11) is -1.65. The van der Waals surface area contributed by atoms with Gasteiger partial charge < -0.3 is 9.64 Å². The average Bonchev–Trinajstić information content (AvgIpc) is 2.94. The van der Waals surface area contributed by atoms with E-state index in [1.165, 1.54) is 6.26 Å². The van der Waals surface area contributed by atoms with Crippen LogP contribution in [0.5, 0.6) is 5.75 Å². The fourth-order valence-electron chi connectivity index (χ4n) is 3.46. The number of carbonyl (C=O) groups excluding carboxylic acids is 1. The number of rotatable bonds is 8. The number of methoxy groups -OCH3 is 1. The van der Waals surface area contributed by atoms with Crippen molar-refractivity contribution in [3.63, 3.8) is 0 Å². The van der Waals surface area contributed by atoms with Crippen LogP contribution in [-0.2, 0) is 21.2 Å². The van der Waals surface area contributed by atoms with Crippen LogP contribution in [0.15, 0.2) is 24.3 Å². The first-order valence-electron chi connectivity index (χ1n) is 8.71. The van der Waals surface area contributed by atoms with Gasteiger partial charge in [0, 0.05) is 25.6 Å². The molecule has 0 saturated carbocycles. The molecule has 2 rings (SSSR count). The molecule has 1 saturated heterocycles. The van der Waals surface area contributed by atoms with Gasteiger partial charge in [-0.25, -0.2) is 13.1 Å². The smallest absolute Gasteiger partial charge is 0.222 e. The lowest BCUT2D eigenvalue weighted by Crippen LogP contribution is -2.40. The van der Waals surface area contributed by atoms with Crippen LogP contribution in [0.25, 0.3) is 0 Å². The highest BCUT2D eigenvalue weighted by Gasteiger charge is 2.35. The second kappa shape index (κ2) is 8.67. The second-order valence-electron chi connectivity index (χ2n) is 6.66. The Balaban J connectivity index is 1.97. The van der Waals surface area contributed by atoms with Crippen LogP contribution >= 0.6 is 0 Å². The molecule has 1 aromatic carbocycles. The fourth-order valence-corrected chi connectivity index (χ4v) is 4.27. The first-order valence-corrected chi connectivity index (χ1v) is 10.6. The number of hydrogen-bond donors (Lipinski definition) is 1. The third-order valence-electron chi connectivity index (χ3n) is 4.62. The SMILES string of the molecule is CCC[C@@H]1CN(C(=O)CCc2ccccc2OC)C[C@H]1NS(C)(=O)=O. The zero-order valence-corrected chi connectivity index (χ0v) is 16.0. The number of amides is 1. The van der Waals surface area contributed by atoms with Crippen molar-refractivity contribution >= 4 is 15.9 Å². The Bertz CT molecular complexity index is 690. The van der Waals surface area contributed by atoms with Crippen molar-refractivity contribution < 1.29 is 17.9 Å². The highest BCUT2D eigenvalue weighted by molar-refractivity contribution is 7.88. The maximum atomic E-state index is 12.6. The van der Waals surface area contributed by atoms with Gasteiger partial charge in [-0.05, 0) is 30.4 Å². The van der Waals surface area contributed by atoms with E-state index in [1.54, 1.807) is 12.0 Å². The molecule has 6 nitrogen and oxygen atoms in total. The van der Waals surface area contributed by atoms with Gasteiger partial charge >= 0.3 is 0 Å². The molecule has 1 heterocycles. The third-order valence-corrected chi connectivity index (χ3v) is 5.35. The summed E-state index contributed by atoms with van der Waals surface area (Å²) in [6.45, 7) is 3.14. The maximum Gasteiger partial charge on any atom is 0.222 e. The van der Waals surface area contributed by atoms with Crippen LogP contribution in [0, 0.1) is 5.92 Å². The summed E-state index contributed by atoms with van der Waals surface area (Å²) in [5.74, 6) is 1.02. The standard InChI is InChI=1S/C18H28N2O4S/c1-4-7-15-12-20(13-16(15)19-25(3,22)23)18(21)11-10-14-8-5-6-9-17(14)24-2/h5-6,8-9,15-16,19H,4,7,10-13H2,1-3H3/t15-,16-/m1/s1. The molecule has 1 aliphatic heterocycles. The molecular weight excluding hydrogens is 340 g/mol. The fraction of sp³-hybridized carbons (Fsp3) is 0.611. The summed E-state index contributed by atoms with van der Waals surface area (Å²) in [4.78, 5) is 14.4. The van der Waals surface area contributed by atoms with E-state index in [1.807, 2.05) is 24.3 Å². The van der Waals surface area contributed by atoms with Crippen molar-refractivity contribution in [2.24, 2.45) is 5.92 Å². The average molecular weight is 368 g/mol. The molecule has 0 unspecified atom stereocenters. The Kier molecular flexibility index (Phi) is 6.84. The number of benzene rings is 1. The summed E-state index contributed by atoms with van der Waals surface area (Å²) >= 11 is 0. The van der Waals surface area contributed by atoms with Crippen LogP contribution in [0.2, 0.25) is 0 Å². The van der Waals surface area contributed by atoms with Gasteiger partial charge in [-0.15, -0.1) is 0 Å². The van der Waals surface area contributed by atoms with Gasteiger partial charge in [-0.1, -0.05) is 31.5 Å². The first-order chi connectivity index (χ1) is 11.8. The predicted molar refractivity (Wildman–Crippen MR) is 98.1 cm³/mol. The number of nitrogens with one attached hydrogen (secondary N) is 1. The van der Waals surface area contributed by atoms with Crippen LogP contribution in [0.3, 0.4) is 0 Å². The topological polar surface area (TPSA) is 75.7 Å². The summed E-state index contributed by atoms with van der Waals surface area (Å²) in [5.41, 5.74) is 1.01. The number of carbonyl (C=O) groups is 1. The van der Waals surface area contributed by atoms with Crippen LogP contribution in [0.4, 0.5) is 0 Å². The Hall–Kier alpha value is -1.60. The van der Waals surface area contributed by atoms with Crippen LogP contribution < -0.4 is 9.46 Å². The molecule has 0 aromatic heterocycles. The number of aryl methyl sites for hydroxylation is 1. The monoisotopic (exact) mass is 368 g/mol. The molecule has 7 heteroatoms. The van der Waals surface area contributed by atoms with E-state index in [9.17, 15) is 13.2 Å². The number of ether oxygens (including phenoxy) is 1. The van der Waals surface area contributed by atoms with Gasteiger partial charge in [0.15, 0.2) is 0 Å². The molecule has 2 atom stereocenters. The lowest BCUT2D eigenvalue weighted by molar-refractivity contribution is -0.130. The molecule has 0 radical (unpaired) electrons. The van der Waals surface area contributed by atoms with E-state index in [2.05, 4.69) is 11.6 Å². The van der Waals surface area contributed by atoms with Crippen LogP contribution in [0.1, 0.15) is 31.7 Å². The summed E-state index contributed by atoms with van der Waals surface area (Å²) in [6.07, 6.45) is 4.05. The minimum Gasteiger partial charge on any atom is -0.496 e. The van der Waals surface area contributed by atoms with E-state index in [0.717, 1.165) is 24.2 Å². The molecule has 0 aliphatic carbocycles. The summed E-state index contributed by atoms with van der Waals surface area (Å²) in [5, 5.41) is 0. The van der Waals surface area contributed by atoms with Crippen molar-refractivity contribution in [3.05, 3.63) is 29.8 Å². The van der Waals surface area contributed by atoms with Crippen LogP contribution in [-0.4, -0.2) is 51.7 Å². The lowest BCUT2D eigenvalue weighted by Gasteiger charge is -2.17. The van der Waals surface area contributed by atoms with Crippen molar-refractivity contribution in [1.82, 2.24) is 9.62 Å². The molecule has 1 aliphatic rings.